The fourth-order valence-electron chi connectivity index (χ4n) is 2.28. The largest absolute Gasteiger partial charge is 0.356 e. The number of aliphatic imine (C=N–C) groups is 1. The second-order valence-corrected chi connectivity index (χ2v) is 6.19. The zero-order valence-electron chi connectivity index (χ0n) is 15.1. The van der Waals surface area contributed by atoms with Crippen LogP contribution in [0, 0.1) is 6.92 Å². The highest BCUT2D eigenvalue weighted by Crippen LogP contribution is 2.14. The normalized spacial score (nSPS) is 11.1. The number of guanidine groups is 1. The van der Waals surface area contributed by atoms with Gasteiger partial charge in [-0.05, 0) is 36.6 Å². The molecular formula is C19H24ClN5O. The summed E-state index contributed by atoms with van der Waals surface area (Å²) in [6.45, 7) is 3.12. The topological polar surface area (TPSA) is 78.4 Å². The summed E-state index contributed by atoms with van der Waals surface area (Å²) in [7, 11) is 1.70. The van der Waals surface area contributed by atoms with E-state index in [2.05, 4.69) is 25.9 Å². The van der Waals surface area contributed by atoms with Gasteiger partial charge in [-0.1, -0.05) is 35.9 Å². The Kier molecular flexibility index (Phi) is 7.89. The Morgan fingerprint density at radius 3 is 2.62 bits per heavy atom. The van der Waals surface area contributed by atoms with E-state index >= 15 is 0 Å². The van der Waals surface area contributed by atoms with Crippen LogP contribution in [0.3, 0.4) is 0 Å². The van der Waals surface area contributed by atoms with E-state index in [9.17, 15) is 4.79 Å². The Balaban J connectivity index is 1.67. The van der Waals surface area contributed by atoms with Gasteiger partial charge in [0.1, 0.15) is 5.82 Å². The van der Waals surface area contributed by atoms with Crippen LogP contribution >= 0.6 is 11.6 Å². The highest BCUT2D eigenvalue weighted by atomic mass is 35.5. The second-order valence-electron chi connectivity index (χ2n) is 5.79. The van der Waals surface area contributed by atoms with E-state index in [-0.39, 0.29) is 5.91 Å². The fourth-order valence-corrected chi connectivity index (χ4v) is 2.51. The minimum atomic E-state index is -0.0969. The first-order valence-electron chi connectivity index (χ1n) is 8.49. The summed E-state index contributed by atoms with van der Waals surface area (Å²) < 4.78 is 0. The van der Waals surface area contributed by atoms with Crippen molar-refractivity contribution in [2.45, 2.75) is 19.8 Å². The number of nitrogens with zero attached hydrogens (tertiary/aromatic N) is 2. The predicted octanol–water partition coefficient (Wildman–Crippen LogP) is 2.78. The highest BCUT2D eigenvalue weighted by Gasteiger charge is 2.05. The molecule has 0 aliphatic rings. The number of amides is 1. The number of hydrogen-bond acceptors (Lipinski definition) is 3. The van der Waals surface area contributed by atoms with Gasteiger partial charge in [0.2, 0.25) is 5.91 Å². The van der Waals surface area contributed by atoms with Gasteiger partial charge < -0.3 is 16.0 Å². The van der Waals surface area contributed by atoms with Crippen molar-refractivity contribution in [1.29, 1.82) is 0 Å². The maximum Gasteiger partial charge on any atom is 0.227 e. The lowest BCUT2D eigenvalue weighted by atomic mass is 10.1. The molecule has 0 bridgehead atoms. The molecule has 0 saturated carbocycles. The van der Waals surface area contributed by atoms with Crippen molar-refractivity contribution < 1.29 is 4.79 Å². The Hall–Kier alpha value is -2.60. The summed E-state index contributed by atoms with van der Waals surface area (Å²) in [5.41, 5.74) is 2.14. The van der Waals surface area contributed by atoms with Crippen LogP contribution in [0.15, 0.2) is 47.6 Å². The summed E-state index contributed by atoms with van der Waals surface area (Å²) in [5, 5.41) is 9.86. The average Bonchev–Trinajstić information content (AvgIpc) is 2.64. The fraction of sp³-hybridized carbons (Fsp3) is 0.316. The Labute approximate surface area is 159 Å². The van der Waals surface area contributed by atoms with E-state index in [0.717, 1.165) is 22.6 Å². The van der Waals surface area contributed by atoms with E-state index in [1.807, 2.05) is 37.3 Å². The van der Waals surface area contributed by atoms with Gasteiger partial charge >= 0.3 is 0 Å². The van der Waals surface area contributed by atoms with E-state index in [1.165, 1.54) is 0 Å². The first-order chi connectivity index (χ1) is 12.6. The molecule has 138 valence electrons. The smallest absolute Gasteiger partial charge is 0.227 e. The van der Waals surface area contributed by atoms with Gasteiger partial charge in [-0.15, -0.1) is 0 Å². The number of rotatable bonds is 7. The number of halogens is 1. The third-order valence-electron chi connectivity index (χ3n) is 3.69. The zero-order chi connectivity index (χ0) is 18.8. The summed E-state index contributed by atoms with van der Waals surface area (Å²) in [5.74, 6) is 1.11. The van der Waals surface area contributed by atoms with E-state index in [1.54, 1.807) is 19.3 Å². The van der Waals surface area contributed by atoms with Crippen molar-refractivity contribution in [3.63, 3.8) is 0 Å². The van der Waals surface area contributed by atoms with Gasteiger partial charge in [0.25, 0.3) is 0 Å². The minimum Gasteiger partial charge on any atom is -0.356 e. The van der Waals surface area contributed by atoms with Crippen molar-refractivity contribution in [1.82, 2.24) is 15.6 Å². The number of benzene rings is 1. The van der Waals surface area contributed by atoms with Crippen molar-refractivity contribution in [2.75, 3.05) is 25.5 Å². The number of aryl methyl sites for hydroxylation is 1. The molecule has 1 aromatic carbocycles. The molecule has 0 spiro atoms. The molecule has 0 saturated heterocycles. The molecule has 1 aromatic heterocycles. The third-order valence-corrected chi connectivity index (χ3v) is 4.06. The van der Waals surface area contributed by atoms with Crippen molar-refractivity contribution >= 4 is 29.3 Å². The van der Waals surface area contributed by atoms with Gasteiger partial charge in [0, 0.05) is 37.8 Å². The number of nitrogens with one attached hydrogen (secondary N) is 3. The van der Waals surface area contributed by atoms with Gasteiger partial charge in [0.05, 0.1) is 0 Å². The molecule has 6 nitrogen and oxygen atoms in total. The second kappa shape index (κ2) is 10.4. The predicted molar refractivity (Wildman–Crippen MR) is 107 cm³/mol. The lowest BCUT2D eigenvalue weighted by Gasteiger charge is -2.12. The molecule has 2 rings (SSSR count). The molecular weight excluding hydrogens is 350 g/mol. The Morgan fingerprint density at radius 2 is 1.92 bits per heavy atom. The van der Waals surface area contributed by atoms with Crippen molar-refractivity contribution in [3.05, 3.63) is 58.7 Å². The van der Waals surface area contributed by atoms with Gasteiger partial charge in [-0.3, -0.25) is 9.79 Å². The average molecular weight is 374 g/mol. The number of carbonyl (C=O) groups excluding carboxylic acids is 1. The maximum absolute atomic E-state index is 11.9. The molecule has 3 N–H and O–H groups in total. The molecule has 0 fully saturated rings. The summed E-state index contributed by atoms with van der Waals surface area (Å²) >= 11 is 6.14. The third kappa shape index (κ3) is 6.72. The van der Waals surface area contributed by atoms with E-state index < -0.39 is 0 Å². The van der Waals surface area contributed by atoms with Crippen molar-refractivity contribution in [2.24, 2.45) is 4.99 Å². The van der Waals surface area contributed by atoms with Gasteiger partial charge in [-0.25, -0.2) is 4.98 Å². The molecule has 2 aromatic rings. The van der Waals surface area contributed by atoms with Gasteiger partial charge in [0.15, 0.2) is 5.96 Å². The molecule has 1 heterocycles. The summed E-state index contributed by atoms with van der Waals surface area (Å²) in [4.78, 5) is 20.2. The van der Waals surface area contributed by atoms with Crippen LogP contribution in [-0.2, 0) is 11.2 Å². The molecule has 7 heteroatoms. The van der Waals surface area contributed by atoms with Crippen LogP contribution in [-0.4, -0.2) is 37.0 Å². The molecule has 26 heavy (non-hydrogen) atoms. The maximum atomic E-state index is 11.9. The van der Waals surface area contributed by atoms with E-state index in [0.29, 0.717) is 31.3 Å². The molecule has 0 aliphatic carbocycles. The number of anilines is 1. The molecule has 0 unspecified atom stereocenters. The lowest BCUT2D eigenvalue weighted by molar-refractivity contribution is -0.116. The number of aromatic nitrogens is 1. The SMILES string of the molecule is CN=C(NCCC(=O)Nc1ccc(C)cn1)NCCc1ccccc1Cl. The standard InChI is InChI=1S/C19H24ClN5O/c1-14-7-8-17(24-13-14)25-18(26)10-12-23-19(21-2)22-11-9-15-5-3-4-6-16(15)20/h3-8,13H,9-12H2,1-2H3,(H2,21,22,23)(H,24,25,26). The van der Waals surface area contributed by atoms with Crippen LogP contribution in [0.4, 0.5) is 5.82 Å². The Morgan fingerprint density at radius 1 is 1.15 bits per heavy atom. The summed E-state index contributed by atoms with van der Waals surface area (Å²) in [6, 6.07) is 11.5. The van der Waals surface area contributed by atoms with Crippen LogP contribution in [0.2, 0.25) is 5.02 Å². The molecule has 0 radical (unpaired) electrons. The van der Waals surface area contributed by atoms with Crippen LogP contribution in [0.1, 0.15) is 17.5 Å². The first kappa shape index (κ1) is 19.7. The number of pyridine rings is 1. The highest BCUT2D eigenvalue weighted by molar-refractivity contribution is 6.31. The lowest BCUT2D eigenvalue weighted by Crippen LogP contribution is -2.39. The Bertz CT molecular complexity index is 746. The monoisotopic (exact) mass is 373 g/mol. The zero-order valence-corrected chi connectivity index (χ0v) is 15.8. The quantitative estimate of drug-likeness (QED) is 0.515. The molecule has 0 aliphatic heterocycles. The minimum absolute atomic E-state index is 0.0969. The van der Waals surface area contributed by atoms with Crippen LogP contribution in [0.5, 0.6) is 0 Å². The van der Waals surface area contributed by atoms with Crippen LogP contribution < -0.4 is 16.0 Å². The van der Waals surface area contributed by atoms with E-state index in [4.69, 9.17) is 11.6 Å². The summed E-state index contributed by atoms with van der Waals surface area (Å²) in [6.07, 6.45) is 2.83. The van der Waals surface area contributed by atoms with Crippen molar-refractivity contribution in [3.8, 4) is 0 Å². The first-order valence-corrected chi connectivity index (χ1v) is 8.86. The van der Waals surface area contributed by atoms with Crippen LogP contribution in [0.25, 0.3) is 0 Å². The number of carbonyl (C=O) groups is 1. The molecule has 1 amide bonds. The number of hydrogen-bond donors (Lipinski definition) is 3. The van der Waals surface area contributed by atoms with Gasteiger partial charge in [-0.2, -0.15) is 0 Å². The molecule has 0 atom stereocenters.